The maximum absolute atomic E-state index is 5.67. The van der Waals surface area contributed by atoms with Gasteiger partial charge in [0.25, 0.3) is 0 Å². The molecule has 0 amide bonds. The molecule has 0 atom stereocenters. The molecular formula is C14H20N2O. The standard InChI is InChI=1S/C14H20N2O/c1-14(2,8-9-15)16(3)12-10-17-13-7-5-4-6-11(12)13/h4-7,10H,8-9,15H2,1-3H3. The molecule has 0 aliphatic carbocycles. The second-order valence-corrected chi connectivity index (χ2v) is 5.03. The van der Waals surface area contributed by atoms with E-state index in [0.29, 0.717) is 6.54 Å². The van der Waals surface area contributed by atoms with Crippen LogP contribution < -0.4 is 10.6 Å². The van der Waals surface area contributed by atoms with Crippen LogP contribution in [0.4, 0.5) is 5.69 Å². The van der Waals surface area contributed by atoms with E-state index in [-0.39, 0.29) is 5.54 Å². The molecule has 2 N–H and O–H groups in total. The zero-order chi connectivity index (χ0) is 12.5. The van der Waals surface area contributed by atoms with E-state index in [1.165, 1.54) is 0 Å². The largest absolute Gasteiger partial charge is 0.462 e. The van der Waals surface area contributed by atoms with Crippen LogP contribution in [0.15, 0.2) is 34.9 Å². The van der Waals surface area contributed by atoms with Crippen LogP contribution in [-0.2, 0) is 0 Å². The number of anilines is 1. The molecule has 2 aromatic rings. The minimum absolute atomic E-state index is 0.0292. The van der Waals surface area contributed by atoms with Crippen LogP contribution in [0.25, 0.3) is 11.0 Å². The van der Waals surface area contributed by atoms with Gasteiger partial charge in [0.1, 0.15) is 11.8 Å². The molecular weight excluding hydrogens is 212 g/mol. The summed E-state index contributed by atoms with van der Waals surface area (Å²) in [6.07, 6.45) is 2.77. The minimum Gasteiger partial charge on any atom is -0.462 e. The van der Waals surface area contributed by atoms with Gasteiger partial charge in [-0.1, -0.05) is 12.1 Å². The molecule has 1 aromatic heterocycles. The first-order chi connectivity index (χ1) is 8.06. The highest BCUT2D eigenvalue weighted by molar-refractivity contribution is 5.91. The van der Waals surface area contributed by atoms with Crippen LogP contribution in [0.3, 0.4) is 0 Å². The molecule has 0 spiro atoms. The molecule has 0 saturated carbocycles. The van der Waals surface area contributed by atoms with Crippen molar-refractivity contribution < 1.29 is 4.42 Å². The van der Waals surface area contributed by atoms with Crippen molar-refractivity contribution in [1.82, 2.24) is 0 Å². The summed E-state index contributed by atoms with van der Waals surface area (Å²) in [5.41, 5.74) is 7.75. The van der Waals surface area contributed by atoms with Gasteiger partial charge in [-0.05, 0) is 38.9 Å². The van der Waals surface area contributed by atoms with Gasteiger partial charge in [0, 0.05) is 18.0 Å². The highest BCUT2D eigenvalue weighted by Gasteiger charge is 2.25. The summed E-state index contributed by atoms with van der Waals surface area (Å²) in [5, 5.41) is 1.15. The molecule has 0 bridgehead atoms. The Morgan fingerprint density at radius 1 is 1.29 bits per heavy atom. The zero-order valence-corrected chi connectivity index (χ0v) is 10.7. The molecule has 3 heteroatoms. The Morgan fingerprint density at radius 3 is 2.71 bits per heavy atom. The Hall–Kier alpha value is -1.48. The summed E-state index contributed by atoms with van der Waals surface area (Å²) in [4.78, 5) is 2.24. The monoisotopic (exact) mass is 232 g/mol. The lowest BCUT2D eigenvalue weighted by atomic mass is 9.98. The van der Waals surface area contributed by atoms with Gasteiger partial charge in [-0.25, -0.2) is 0 Å². The fraction of sp³-hybridized carbons (Fsp3) is 0.429. The third-order valence-electron chi connectivity index (χ3n) is 3.49. The van der Waals surface area contributed by atoms with Gasteiger partial charge in [0.2, 0.25) is 0 Å². The molecule has 0 aliphatic heterocycles. The van der Waals surface area contributed by atoms with Crippen molar-refractivity contribution in [2.24, 2.45) is 5.73 Å². The summed E-state index contributed by atoms with van der Waals surface area (Å²) >= 11 is 0. The van der Waals surface area contributed by atoms with Gasteiger partial charge in [0.15, 0.2) is 0 Å². The third kappa shape index (κ3) is 2.15. The Kier molecular flexibility index (Phi) is 3.11. The lowest BCUT2D eigenvalue weighted by molar-refractivity contribution is 0.455. The molecule has 17 heavy (non-hydrogen) atoms. The van der Waals surface area contributed by atoms with E-state index >= 15 is 0 Å². The van der Waals surface area contributed by atoms with E-state index in [0.717, 1.165) is 23.1 Å². The fourth-order valence-electron chi connectivity index (χ4n) is 2.07. The van der Waals surface area contributed by atoms with Crippen LogP contribution in [-0.4, -0.2) is 19.1 Å². The fourth-order valence-corrected chi connectivity index (χ4v) is 2.07. The number of hydrogen-bond donors (Lipinski definition) is 1. The van der Waals surface area contributed by atoms with Gasteiger partial charge >= 0.3 is 0 Å². The van der Waals surface area contributed by atoms with E-state index in [2.05, 4.69) is 31.9 Å². The number of fused-ring (bicyclic) bond motifs is 1. The molecule has 0 aliphatic rings. The SMILES string of the molecule is CN(c1coc2ccccc12)C(C)(C)CCN. The highest BCUT2D eigenvalue weighted by Crippen LogP contribution is 2.32. The number of para-hydroxylation sites is 1. The normalized spacial score (nSPS) is 12.0. The Balaban J connectivity index is 2.40. The molecule has 0 fully saturated rings. The smallest absolute Gasteiger partial charge is 0.136 e. The van der Waals surface area contributed by atoms with Crippen molar-refractivity contribution in [2.45, 2.75) is 25.8 Å². The zero-order valence-electron chi connectivity index (χ0n) is 10.7. The van der Waals surface area contributed by atoms with Gasteiger partial charge in [-0.15, -0.1) is 0 Å². The number of furan rings is 1. The van der Waals surface area contributed by atoms with E-state index < -0.39 is 0 Å². The van der Waals surface area contributed by atoms with E-state index in [1.54, 1.807) is 0 Å². The van der Waals surface area contributed by atoms with Crippen molar-refractivity contribution in [3.05, 3.63) is 30.5 Å². The number of rotatable bonds is 4. The predicted molar refractivity (Wildman–Crippen MR) is 72.4 cm³/mol. The molecule has 1 aromatic carbocycles. The summed E-state index contributed by atoms with van der Waals surface area (Å²) < 4.78 is 5.57. The van der Waals surface area contributed by atoms with Gasteiger partial charge in [0.05, 0.1) is 5.69 Å². The van der Waals surface area contributed by atoms with E-state index in [9.17, 15) is 0 Å². The van der Waals surface area contributed by atoms with Crippen molar-refractivity contribution in [3.8, 4) is 0 Å². The quantitative estimate of drug-likeness (QED) is 0.881. The molecule has 92 valence electrons. The number of nitrogens with two attached hydrogens (primary N) is 1. The second-order valence-electron chi connectivity index (χ2n) is 5.03. The predicted octanol–water partition coefficient (Wildman–Crippen LogP) is 3.00. The number of benzene rings is 1. The lowest BCUT2D eigenvalue weighted by Gasteiger charge is -2.36. The molecule has 0 radical (unpaired) electrons. The first-order valence-electron chi connectivity index (χ1n) is 5.96. The first-order valence-corrected chi connectivity index (χ1v) is 5.96. The second kappa shape index (κ2) is 4.41. The summed E-state index contributed by atoms with van der Waals surface area (Å²) in [7, 11) is 2.09. The Bertz CT molecular complexity index is 502. The van der Waals surface area contributed by atoms with E-state index in [4.69, 9.17) is 10.2 Å². The molecule has 3 nitrogen and oxygen atoms in total. The molecule has 2 rings (SSSR count). The van der Waals surface area contributed by atoms with Crippen LogP contribution in [0.1, 0.15) is 20.3 Å². The van der Waals surface area contributed by atoms with Crippen molar-refractivity contribution in [1.29, 1.82) is 0 Å². The number of nitrogens with zero attached hydrogens (tertiary/aromatic N) is 1. The maximum atomic E-state index is 5.67. The average molecular weight is 232 g/mol. The molecule has 0 saturated heterocycles. The lowest BCUT2D eigenvalue weighted by Crippen LogP contribution is -2.42. The van der Waals surface area contributed by atoms with E-state index in [1.807, 2.05) is 24.5 Å². The minimum atomic E-state index is 0.0292. The summed E-state index contributed by atoms with van der Waals surface area (Å²) in [5.74, 6) is 0. The Morgan fingerprint density at radius 2 is 2.00 bits per heavy atom. The Labute approximate surface area is 102 Å². The van der Waals surface area contributed by atoms with Crippen molar-refractivity contribution in [3.63, 3.8) is 0 Å². The molecule has 1 heterocycles. The van der Waals surface area contributed by atoms with Crippen LogP contribution >= 0.6 is 0 Å². The summed E-state index contributed by atoms with van der Waals surface area (Å²) in [6.45, 7) is 5.08. The topological polar surface area (TPSA) is 42.4 Å². The van der Waals surface area contributed by atoms with Crippen LogP contribution in [0.2, 0.25) is 0 Å². The van der Waals surface area contributed by atoms with Crippen molar-refractivity contribution in [2.75, 3.05) is 18.5 Å². The number of hydrogen-bond acceptors (Lipinski definition) is 3. The van der Waals surface area contributed by atoms with Gasteiger partial charge in [-0.3, -0.25) is 0 Å². The third-order valence-corrected chi connectivity index (χ3v) is 3.49. The first kappa shape index (κ1) is 12.0. The van der Waals surface area contributed by atoms with Gasteiger partial charge in [-0.2, -0.15) is 0 Å². The van der Waals surface area contributed by atoms with Crippen LogP contribution in [0, 0.1) is 0 Å². The molecule has 0 unspecified atom stereocenters. The van der Waals surface area contributed by atoms with Gasteiger partial charge < -0.3 is 15.1 Å². The average Bonchev–Trinajstić information content (AvgIpc) is 2.71. The maximum Gasteiger partial charge on any atom is 0.136 e. The highest BCUT2D eigenvalue weighted by atomic mass is 16.3. The van der Waals surface area contributed by atoms with Crippen molar-refractivity contribution >= 4 is 16.7 Å². The summed E-state index contributed by atoms with van der Waals surface area (Å²) in [6, 6.07) is 8.09. The van der Waals surface area contributed by atoms with Crippen LogP contribution in [0.5, 0.6) is 0 Å².